The van der Waals surface area contributed by atoms with Crippen LogP contribution in [0.1, 0.15) is 26.3 Å². The van der Waals surface area contributed by atoms with Crippen LogP contribution in [0.2, 0.25) is 5.15 Å². The zero-order chi connectivity index (χ0) is 12.6. The molecular formula is C10H15ClN2O2S. The minimum Gasteiger partial charge on any atom is -0.384 e. The normalized spacial score (nSPS) is 12.8. The van der Waals surface area contributed by atoms with Crippen molar-refractivity contribution in [1.82, 2.24) is 4.98 Å². The first-order valence-electron chi connectivity index (χ1n) is 4.86. The van der Waals surface area contributed by atoms with Crippen LogP contribution < -0.4 is 5.73 Å². The lowest BCUT2D eigenvalue weighted by Gasteiger charge is -2.24. The molecule has 6 heteroatoms. The number of nitrogens with two attached hydrogens (primary N) is 1. The number of hydrogen-bond donors (Lipinski definition) is 1. The van der Waals surface area contributed by atoms with E-state index >= 15 is 0 Å². The summed E-state index contributed by atoms with van der Waals surface area (Å²) in [5, 5.41) is 0.203. The maximum atomic E-state index is 11.9. The van der Waals surface area contributed by atoms with Gasteiger partial charge in [0.2, 0.25) is 0 Å². The molecule has 0 atom stereocenters. The molecule has 2 N–H and O–H groups in total. The van der Waals surface area contributed by atoms with Crippen LogP contribution in [-0.4, -0.2) is 19.2 Å². The molecule has 0 aliphatic heterocycles. The van der Waals surface area contributed by atoms with Crippen molar-refractivity contribution in [2.24, 2.45) is 0 Å². The second kappa shape index (κ2) is 4.22. The van der Waals surface area contributed by atoms with Gasteiger partial charge in [0.1, 0.15) is 11.0 Å². The van der Waals surface area contributed by atoms with E-state index in [1.807, 2.05) is 0 Å². The minimum absolute atomic E-state index is 0.0693. The Hall–Kier alpha value is -0.810. The van der Waals surface area contributed by atoms with E-state index in [9.17, 15) is 8.42 Å². The van der Waals surface area contributed by atoms with Crippen LogP contribution in [0.5, 0.6) is 0 Å². The van der Waals surface area contributed by atoms with Crippen molar-refractivity contribution in [3.05, 3.63) is 22.8 Å². The lowest BCUT2D eigenvalue weighted by atomic mass is 10.0. The smallest absolute Gasteiger partial charge is 0.159 e. The molecule has 1 aromatic heterocycles. The van der Waals surface area contributed by atoms with E-state index in [2.05, 4.69) is 4.98 Å². The lowest BCUT2D eigenvalue weighted by Crippen LogP contribution is -2.30. The highest BCUT2D eigenvalue weighted by molar-refractivity contribution is 7.92. The van der Waals surface area contributed by atoms with Crippen LogP contribution in [0.25, 0.3) is 0 Å². The lowest BCUT2D eigenvalue weighted by molar-refractivity contribution is 0.556. The van der Waals surface area contributed by atoms with Crippen LogP contribution in [-0.2, 0) is 14.6 Å². The molecule has 0 aromatic carbocycles. The molecule has 0 saturated heterocycles. The van der Waals surface area contributed by atoms with Gasteiger partial charge in [-0.1, -0.05) is 18.5 Å². The number of nitrogen functional groups attached to an aromatic ring is 1. The summed E-state index contributed by atoms with van der Waals surface area (Å²) in [7, 11) is -3.23. The number of sulfone groups is 1. The highest BCUT2D eigenvalue weighted by atomic mass is 35.5. The van der Waals surface area contributed by atoms with Crippen molar-refractivity contribution in [1.29, 1.82) is 0 Å². The van der Waals surface area contributed by atoms with Crippen LogP contribution >= 0.6 is 11.6 Å². The Balaban J connectivity index is 3.38. The second-order valence-electron chi connectivity index (χ2n) is 4.02. The van der Waals surface area contributed by atoms with Gasteiger partial charge in [-0.25, -0.2) is 13.4 Å². The van der Waals surface area contributed by atoms with E-state index in [1.54, 1.807) is 26.8 Å². The van der Waals surface area contributed by atoms with E-state index in [1.165, 1.54) is 6.07 Å². The van der Waals surface area contributed by atoms with Crippen molar-refractivity contribution in [3.8, 4) is 0 Å². The highest BCUT2D eigenvalue weighted by Gasteiger charge is 2.35. The molecule has 0 fully saturated rings. The molecule has 0 saturated carbocycles. The number of halogens is 1. The Kier molecular flexibility index (Phi) is 3.50. The zero-order valence-corrected chi connectivity index (χ0v) is 11.1. The summed E-state index contributed by atoms with van der Waals surface area (Å²) in [6.45, 7) is 4.89. The van der Waals surface area contributed by atoms with Gasteiger partial charge in [0.25, 0.3) is 0 Å². The summed E-state index contributed by atoms with van der Waals surface area (Å²) in [5.41, 5.74) is 6.11. The fraction of sp³-hybridized carbons (Fsp3) is 0.500. The first-order valence-corrected chi connectivity index (χ1v) is 6.89. The zero-order valence-electron chi connectivity index (χ0n) is 9.49. The largest absolute Gasteiger partial charge is 0.384 e. The first kappa shape index (κ1) is 13.3. The van der Waals surface area contributed by atoms with Crippen LogP contribution in [0.4, 0.5) is 5.82 Å². The van der Waals surface area contributed by atoms with Crippen LogP contribution in [0.15, 0.2) is 12.1 Å². The second-order valence-corrected chi connectivity index (χ2v) is 7.23. The van der Waals surface area contributed by atoms with Crippen LogP contribution in [0.3, 0.4) is 0 Å². The average molecular weight is 263 g/mol. The van der Waals surface area contributed by atoms with Gasteiger partial charge >= 0.3 is 0 Å². The first-order chi connectivity index (χ1) is 7.20. The Morgan fingerprint density at radius 3 is 2.44 bits per heavy atom. The van der Waals surface area contributed by atoms with Gasteiger partial charge in [-0.2, -0.15) is 0 Å². The third kappa shape index (κ3) is 2.30. The summed E-state index contributed by atoms with van der Waals surface area (Å²) in [6.07, 6.45) is 0. The quantitative estimate of drug-likeness (QED) is 0.846. The Morgan fingerprint density at radius 2 is 2.00 bits per heavy atom. The predicted molar refractivity (Wildman–Crippen MR) is 66.1 cm³/mol. The van der Waals surface area contributed by atoms with Gasteiger partial charge < -0.3 is 5.73 Å². The molecule has 4 nitrogen and oxygen atoms in total. The summed E-state index contributed by atoms with van der Waals surface area (Å²) >= 11 is 5.76. The topological polar surface area (TPSA) is 73.0 Å². The maximum absolute atomic E-state index is 11.9. The monoisotopic (exact) mass is 262 g/mol. The fourth-order valence-electron chi connectivity index (χ4n) is 1.41. The molecule has 0 radical (unpaired) electrons. The van der Waals surface area contributed by atoms with E-state index in [0.717, 1.165) is 0 Å². The van der Waals surface area contributed by atoms with Gasteiger partial charge in [0.15, 0.2) is 9.84 Å². The van der Waals surface area contributed by atoms with Crippen molar-refractivity contribution in [3.63, 3.8) is 0 Å². The van der Waals surface area contributed by atoms with Crippen molar-refractivity contribution in [2.75, 3.05) is 11.5 Å². The number of anilines is 1. The Bertz CT molecular complexity index is 477. The summed E-state index contributed by atoms with van der Waals surface area (Å²) < 4.78 is 22.9. The van der Waals surface area contributed by atoms with Crippen molar-refractivity contribution in [2.45, 2.75) is 25.5 Å². The van der Waals surface area contributed by atoms with E-state index in [0.29, 0.717) is 5.56 Å². The molecule has 16 heavy (non-hydrogen) atoms. The van der Waals surface area contributed by atoms with Gasteiger partial charge in [0, 0.05) is 5.75 Å². The molecule has 90 valence electrons. The number of hydrogen-bond acceptors (Lipinski definition) is 4. The van der Waals surface area contributed by atoms with E-state index < -0.39 is 14.6 Å². The highest BCUT2D eigenvalue weighted by Crippen LogP contribution is 2.32. The molecule has 0 aliphatic carbocycles. The Labute approximate surface area is 101 Å². The average Bonchev–Trinajstić information content (AvgIpc) is 2.16. The van der Waals surface area contributed by atoms with Gasteiger partial charge in [-0.05, 0) is 31.5 Å². The van der Waals surface area contributed by atoms with E-state index in [4.69, 9.17) is 17.3 Å². The minimum atomic E-state index is -3.23. The molecule has 0 aliphatic rings. The van der Waals surface area contributed by atoms with E-state index in [-0.39, 0.29) is 16.7 Å². The SMILES string of the molecule is CCS(=O)(=O)C(C)(C)c1cc(N)nc(Cl)c1. The molecule has 0 unspecified atom stereocenters. The third-order valence-electron chi connectivity index (χ3n) is 2.67. The molecule has 1 rings (SSSR count). The Morgan fingerprint density at radius 1 is 1.44 bits per heavy atom. The number of nitrogens with zero attached hydrogens (tertiary/aromatic N) is 1. The molecular weight excluding hydrogens is 248 g/mol. The van der Waals surface area contributed by atoms with Gasteiger partial charge in [-0.3, -0.25) is 0 Å². The summed E-state index contributed by atoms with van der Waals surface area (Å²) in [4.78, 5) is 3.80. The fourth-order valence-corrected chi connectivity index (χ4v) is 2.82. The summed E-state index contributed by atoms with van der Waals surface area (Å²) in [6, 6.07) is 3.07. The molecule has 1 aromatic rings. The van der Waals surface area contributed by atoms with Crippen molar-refractivity contribution < 1.29 is 8.42 Å². The van der Waals surface area contributed by atoms with Gasteiger partial charge in [-0.15, -0.1) is 0 Å². The maximum Gasteiger partial charge on any atom is 0.159 e. The molecule has 0 bridgehead atoms. The van der Waals surface area contributed by atoms with Gasteiger partial charge in [0.05, 0.1) is 4.75 Å². The molecule has 0 amide bonds. The van der Waals surface area contributed by atoms with Crippen LogP contribution in [0, 0.1) is 0 Å². The molecule has 0 spiro atoms. The standard InChI is InChI=1S/C10H15ClN2O2S/c1-4-16(14,15)10(2,3)7-5-8(11)13-9(12)6-7/h5-6H,4H2,1-3H3,(H2,12,13). The predicted octanol–water partition coefficient (Wildman–Crippen LogP) is 1.99. The number of aromatic nitrogens is 1. The number of pyridine rings is 1. The number of rotatable bonds is 3. The summed E-state index contributed by atoms with van der Waals surface area (Å²) in [5.74, 6) is 0.293. The molecule has 1 heterocycles. The van der Waals surface area contributed by atoms with Crippen molar-refractivity contribution >= 4 is 27.3 Å². The third-order valence-corrected chi connectivity index (χ3v) is 5.41.